The van der Waals surface area contributed by atoms with Gasteiger partial charge in [-0.05, 0) is 55.0 Å². The van der Waals surface area contributed by atoms with Crippen molar-refractivity contribution >= 4 is 35.0 Å². The average Bonchev–Trinajstić information content (AvgIpc) is 2.57. The fraction of sp³-hybridized carbons (Fsp3) is 0.316. The van der Waals surface area contributed by atoms with E-state index in [1.807, 2.05) is 44.2 Å². The Hall–Kier alpha value is -1.65. The number of ether oxygens (including phenoxy) is 1. The number of carbonyl (C=O) groups excluding carboxylic acids is 1. The predicted octanol–water partition coefficient (Wildman–Crippen LogP) is 5.56. The molecule has 2 aromatic rings. The summed E-state index contributed by atoms with van der Waals surface area (Å²) in [5.41, 5.74) is 1.75. The van der Waals surface area contributed by atoms with Crippen molar-refractivity contribution in [2.24, 2.45) is 0 Å². The molecule has 0 spiro atoms. The maximum atomic E-state index is 12.6. The standard InChI is InChI=1S/C19H22ClNO2S/c1-4-17(23-14-10-11-15(20)13(3)12-14)19(22)21-16-8-6-7-9-18(16)24-5-2/h6-12,17H,4-5H2,1-3H3,(H,21,22). The maximum Gasteiger partial charge on any atom is 0.265 e. The van der Waals surface area contributed by atoms with Crippen LogP contribution in [0.2, 0.25) is 5.02 Å². The summed E-state index contributed by atoms with van der Waals surface area (Å²) in [6.07, 6.45) is 0.0293. The van der Waals surface area contributed by atoms with Gasteiger partial charge in [0.2, 0.25) is 0 Å². The fourth-order valence-corrected chi connectivity index (χ4v) is 3.12. The molecule has 2 rings (SSSR count). The molecular weight excluding hydrogens is 342 g/mol. The second-order valence-electron chi connectivity index (χ2n) is 5.34. The second kappa shape index (κ2) is 9.00. The Labute approximate surface area is 152 Å². The third kappa shape index (κ3) is 4.92. The first-order chi connectivity index (χ1) is 11.5. The first-order valence-electron chi connectivity index (χ1n) is 8.00. The van der Waals surface area contributed by atoms with E-state index in [2.05, 4.69) is 12.2 Å². The molecule has 0 aliphatic carbocycles. The summed E-state index contributed by atoms with van der Waals surface area (Å²) < 4.78 is 5.86. The lowest BCUT2D eigenvalue weighted by Crippen LogP contribution is -2.32. The molecule has 0 aliphatic rings. The van der Waals surface area contributed by atoms with Gasteiger partial charge in [0.25, 0.3) is 5.91 Å². The van der Waals surface area contributed by atoms with Crippen molar-refractivity contribution in [3.63, 3.8) is 0 Å². The van der Waals surface area contributed by atoms with Crippen LogP contribution in [0, 0.1) is 6.92 Å². The topological polar surface area (TPSA) is 38.3 Å². The smallest absolute Gasteiger partial charge is 0.265 e. The molecule has 0 radical (unpaired) electrons. The molecule has 0 saturated heterocycles. The van der Waals surface area contributed by atoms with Crippen LogP contribution in [0.15, 0.2) is 47.4 Å². The highest BCUT2D eigenvalue weighted by atomic mass is 35.5. The summed E-state index contributed by atoms with van der Waals surface area (Å²) in [7, 11) is 0. The fourth-order valence-electron chi connectivity index (χ4n) is 2.24. The van der Waals surface area contributed by atoms with E-state index in [-0.39, 0.29) is 5.91 Å². The number of aryl methyl sites for hydroxylation is 1. The van der Waals surface area contributed by atoms with E-state index < -0.39 is 6.10 Å². The van der Waals surface area contributed by atoms with Crippen LogP contribution in [0.5, 0.6) is 5.75 Å². The van der Waals surface area contributed by atoms with Crippen molar-refractivity contribution in [1.29, 1.82) is 0 Å². The Morgan fingerprint density at radius 2 is 2.00 bits per heavy atom. The molecule has 0 saturated carbocycles. The van der Waals surface area contributed by atoms with Gasteiger partial charge in [0, 0.05) is 9.92 Å². The highest BCUT2D eigenvalue weighted by Crippen LogP contribution is 2.27. The van der Waals surface area contributed by atoms with Gasteiger partial charge in [0.1, 0.15) is 5.75 Å². The molecule has 0 fully saturated rings. The normalized spacial score (nSPS) is 11.8. The van der Waals surface area contributed by atoms with Crippen LogP contribution in [0.1, 0.15) is 25.8 Å². The molecule has 0 bridgehead atoms. The predicted molar refractivity (Wildman–Crippen MR) is 102 cm³/mol. The first-order valence-corrected chi connectivity index (χ1v) is 9.37. The molecule has 128 valence electrons. The summed E-state index contributed by atoms with van der Waals surface area (Å²) in [4.78, 5) is 13.6. The molecule has 5 heteroatoms. The van der Waals surface area contributed by atoms with E-state index in [1.165, 1.54) is 0 Å². The Balaban J connectivity index is 2.10. The molecule has 1 amide bonds. The monoisotopic (exact) mass is 363 g/mol. The second-order valence-corrected chi connectivity index (χ2v) is 7.06. The Kier molecular flexibility index (Phi) is 7.00. The lowest BCUT2D eigenvalue weighted by atomic mass is 10.2. The van der Waals surface area contributed by atoms with Gasteiger partial charge < -0.3 is 10.1 Å². The summed E-state index contributed by atoms with van der Waals surface area (Å²) in [5, 5.41) is 3.67. The minimum absolute atomic E-state index is 0.144. The van der Waals surface area contributed by atoms with Crippen LogP contribution >= 0.6 is 23.4 Å². The van der Waals surface area contributed by atoms with Crippen molar-refractivity contribution in [2.45, 2.75) is 38.2 Å². The average molecular weight is 364 g/mol. The third-order valence-corrected chi connectivity index (χ3v) is 4.90. The molecule has 1 atom stereocenters. The SMILES string of the molecule is CCSc1ccccc1NC(=O)C(CC)Oc1ccc(Cl)c(C)c1. The van der Waals surface area contributed by atoms with Gasteiger partial charge in [-0.2, -0.15) is 0 Å². The van der Waals surface area contributed by atoms with E-state index >= 15 is 0 Å². The van der Waals surface area contributed by atoms with E-state index in [1.54, 1.807) is 23.9 Å². The van der Waals surface area contributed by atoms with Gasteiger partial charge in [0.05, 0.1) is 5.69 Å². The molecule has 1 unspecified atom stereocenters. The number of carbonyl (C=O) groups is 1. The van der Waals surface area contributed by atoms with Crippen molar-refractivity contribution < 1.29 is 9.53 Å². The Morgan fingerprint density at radius 3 is 2.67 bits per heavy atom. The third-order valence-electron chi connectivity index (χ3n) is 3.52. The highest BCUT2D eigenvalue weighted by molar-refractivity contribution is 7.99. The number of anilines is 1. The van der Waals surface area contributed by atoms with Gasteiger partial charge in [-0.15, -0.1) is 11.8 Å². The molecule has 0 heterocycles. The molecule has 1 N–H and O–H groups in total. The molecule has 2 aromatic carbocycles. The molecule has 0 aromatic heterocycles. The number of halogens is 1. The van der Waals surface area contributed by atoms with Crippen LogP contribution in [0.3, 0.4) is 0 Å². The van der Waals surface area contributed by atoms with Gasteiger partial charge in [-0.3, -0.25) is 4.79 Å². The van der Waals surface area contributed by atoms with Gasteiger partial charge in [-0.1, -0.05) is 37.6 Å². The summed E-state index contributed by atoms with van der Waals surface area (Å²) >= 11 is 7.73. The molecule has 3 nitrogen and oxygen atoms in total. The summed E-state index contributed by atoms with van der Waals surface area (Å²) in [5.74, 6) is 1.45. The minimum Gasteiger partial charge on any atom is -0.481 e. The minimum atomic E-state index is -0.551. The number of benzene rings is 2. The number of amides is 1. The van der Waals surface area contributed by atoms with Gasteiger partial charge in [-0.25, -0.2) is 0 Å². The summed E-state index contributed by atoms with van der Waals surface area (Å²) in [6, 6.07) is 13.2. The quantitative estimate of drug-likeness (QED) is 0.655. The van der Waals surface area contributed by atoms with Crippen LogP contribution in [0.4, 0.5) is 5.69 Å². The highest BCUT2D eigenvalue weighted by Gasteiger charge is 2.19. The van der Waals surface area contributed by atoms with Crippen molar-refractivity contribution in [3.8, 4) is 5.75 Å². The zero-order chi connectivity index (χ0) is 17.5. The molecule has 24 heavy (non-hydrogen) atoms. The zero-order valence-corrected chi connectivity index (χ0v) is 15.7. The number of hydrogen-bond donors (Lipinski definition) is 1. The number of hydrogen-bond acceptors (Lipinski definition) is 3. The largest absolute Gasteiger partial charge is 0.481 e. The van der Waals surface area contributed by atoms with Crippen molar-refractivity contribution in [1.82, 2.24) is 0 Å². The molecular formula is C19H22ClNO2S. The van der Waals surface area contributed by atoms with Gasteiger partial charge in [0.15, 0.2) is 6.10 Å². The van der Waals surface area contributed by atoms with E-state index in [9.17, 15) is 4.79 Å². The van der Waals surface area contributed by atoms with Crippen LogP contribution in [-0.2, 0) is 4.79 Å². The molecule has 0 aliphatic heterocycles. The maximum absolute atomic E-state index is 12.6. The Bertz CT molecular complexity index is 706. The van der Waals surface area contributed by atoms with E-state index in [0.717, 1.165) is 21.9 Å². The number of nitrogens with one attached hydrogen (secondary N) is 1. The summed E-state index contributed by atoms with van der Waals surface area (Å²) in [6.45, 7) is 5.93. The van der Waals surface area contributed by atoms with Crippen LogP contribution in [0.25, 0.3) is 0 Å². The number of para-hydroxylation sites is 1. The zero-order valence-electron chi connectivity index (χ0n) is 14.1. The van der Waals surface area contributed by atoms with Crippen LogP contribution in [-0.4, -0.2) is 17.8 Å². The lowest BCUT2D eigenvalue weighted by molar-refractivity contribution is -0.122. The first kappa shape index (κ1) is 18.7. The Morgan fingerprint density at radius 1 is 1.25 bits per heavy atom. The van der Waals surface area contributed by atoms with Crippen molar-refractivity contribution in [2.75, 3.05) is 11.1 Å². The van der Waals surface area contributed by atoms with Crippen LogP contribution < -0.4 is 10.1 Å². The number of rotatable bonds is 7. The van der Waals surface area contributed by atoms with Crippen molar-refractivity contribution in [3.05, 3.63) is 53.1 Å². The van der Waals surface area contributed by atoms with E-state index in [4.69, 9.17) is 16.3 Å². The van der Waals surface area contributed by atoms with Gasteiger partial charge >= 0.3 is 0 Å². The lowest BCUT2D eigenvalue weighted by Gasteiger charge is -2.19. The van der Waals surface area contributed by atoms with E-state index in [0.29, 0.717) is 17.2 Å². The number of thioether (sulfide) groups is 1.